The van der Waals surface area contributed by atoms with Gasteiger partial charge in [0, 0.05) is 11.3 Å². The monoisotopic (exact) mass is 565 g/mol. The molecule has 1 aliphatic rings. The van der Waals surface area contributed by atoms with Crippen molar-refractivity contribution < 1.29 is 19.4 Å². The van der Waals surface area contributed by atoms with Gasteiger partial charge in [-0.15, -0.1) is 0 Å². The van der Waals surface area contributed by atoms with Gasteiger partial charge in [-0.1, -0.05) is 101 Å². The van der Waals surface area contributed by atoms with Gasteiger partial charge in [0.2, 0.25) is 0 Å². The minimum atomic E-state index is -0.862. The van der Waals surface area contributed by atoms with Crippen molar-refractivity contribution in [2.45, 2.75) is 58.4 Å². The summed E-state index contributed by atoms with van der Waals surface area (Å²) in [6.45, 7) is 12.7. The highest BCUT2D eigenvalue weighted by Gasteiger charge is 2.47. The van der Waals surface area contributed by atoms with Crippen LogP contribution in [0.3, 0.4) is 0 Å². The van der Waals surface area contributed by atoms with Crippen molar-refractivity contribution in [3.63, 3.8) is 0 Å². The molecule has 1 aliphatic heterocycles. The fourth-order valence-corrected chi connectivity index (χ4v) is 5.39. The molecule has 0 bridgehead atoms. The van der Waals surface area contributed by atoms with Crippen LogP contribution in [0.15, 0.2) is 66.2 Å². The van der Waals surface area contributed by atoms with Crippen LogP contribution in [0, 0.1) is 0 Å². The van der Waals surface area contributed by atoms with E-state index in [2.05, 4.69) is 41.5 Å². The number of ketones is 1. The van der Waals surface area contributed by atoms with Gasteiger partial charge in [-0.2, -0.15) is 0 Å². The van der Waals surface area contributed by atoms with Gasteiger partial charge in [0.15, 0.2) is 5.75 Å². The Hall–Kier alpha value is -3.28. The van der Waals surface area contributed by atoms with Crippen LogP contribution >= 0.6 is 23.2 Å². The van der Waals surface area contributed by atoms with Gasteiger partial charge in [0.25, 0.3) is 11.7 Å². The molecule has 0 aliphatic carbocycles. The van der Waals surface area contributed by atoms with E-state index in [-0.39, 0.29) is 43.5 Å². The highest BCUT2D eigenvalue weighted by Crippen LogP contribution is 2.44. The summed E-state index contributed by atoms with van der Waals surface area (Å²) in [4.78, 5) is 28.5. The fraction of sp³-hybridized carbons (Fsp3) is 0.312. The number of rotatable bonds is 4. The Bertz CT molecular complexity index is 1440. The van der Waals surface area contributed by atoms with Crippen LogP contribution in [0.2, 0.25) is 10.0 Å². The summed E-state index contributed by atoms with van der Waals surface area (Å²) in [5, 5.41) is 11.8. The number of methoxy groups -OCH3 is 1. The quantitative estimate of drug-likeness (QED) is 0.196. The van der Waals surface area contributed by atoms with Gasteiger partial charge in [0.1, 0.15) is 5.76 Å². The molecule has 0 saturated carbocycles. The minimum absolute atomic E-state index is 0.0410. The average molecular weight is 567 g/mol. The lowest BCUT2D eigenvalue weighted by molar-refractivity contribution is -0.132. The molecule has 5 nitrogen and oxygen atoms in total. The van der Waals surface area contributed by atoms with Crippen LogP contribution in [-0.4, -0.2) is 23.9 Å². The Labute approximate surface area is 240 Å². The normalized spacial score (nSPS) is 17.6. The van der Waals surface area contributed by atoms with Crippen LogP contribution in [0.4, 0.5) is 5.69 Å². The predicted molar refractivity (Wildman–Crippen MR) is 158 cm³/mol. The van der Waals surface area contributed by atoms with E-state index in [1.165, 1.54) is 24.1 Å². The van der Waals surface area contributed by atoms with Crippen molar-refractivity contribution in [2.75, 3.05) is 12.0 Å². The Kier molecular flexibility index (Phi) is 7.63. The summed E-state index contributed by atoms with van der Waals surface area (Å²) < 4.78 is 5.22. The van der Waals surface area contributed by atoms with Crippen LogP contribution < -0.4 is 9.64 Å². The molecule has 0 radical (unpaired) electrons. The molecule has 1 saturated heterocycles. The van der Waals surface area contributed by atoms with E-state index < -0.39 is 17.7 Å². The molecule has 204 valence electrons. The third-order valence-corrected chi connectivity index (χ3v) is 7.59. The molecule has 39 heavy (non-hydrogen) atoms. The van der Waals surface area contributed by atoms with E-state index in [1.54, 1.807) is 0 Å². The molecule has 4 rings (SSSR count). The number of Topliss-reactive ketones (excluding diaryl/α,β-unsaturated/α-hetero) is 1. The third kappa shape index (κ3) is 5.43. The zero-order valence-electron chi connectivity index (χ0n) is 23.2. The van der Waals surface area contributed by atoms with Crippen molar-refractivity contribution >= 4 is 46.3 Å². The summed E-state index contributed by atoms with van der Waals surface area (Å²) in [5.41, 5.74) is 3.45. The first-order chi connectivity index (χ1) is 18.1. The number of carbonyl (C=O) groups is 2. The van der Waals surface area contributed by atoms with Crippen molar-refractivity contribution in [1.29, 1.82) is 0 Å². The van der Waals surface area contributed by atoms with Gasteiger partial charge in [-0.25, -0.2) is 0 Å². The summed E-state index contributed by atoms with van der Waals surface area (Å²) in [5.74, 6) is -1.63. The Morgan fingerprint density at radius 1 is 0.821 bits per heavy atom. The molecule has 3 aromatic rings. The standard InChI is InChI=1S/C32H33Cl2NO4/c1-31(2,3)20-10-8-18(9-11-20)26-25(27(36)19-16-23(33)29(39-7)24(34)17-19)28(37)30(38)35(26)22-14-12-21(13-15-22)32(4,5)6/h8-17,26,36H,1-7H3/b27-25+. The molecule has 1 amide bonds. The first-order valence-electron chi connectivity index (χ1n) is 12.7. The number of benzene rings is 3. The summed E-state index contributed by atoms with van der Waals surface area (Å²) in [6.07, 6.45) is 0. The lowest BCUT2D eigenvalue weighted by Gasteiger charge is -2.27. The Morgan fingerprint density at radius 3 is 1.72 bits per heavy atom. The van der Waals surface area contributed by atoms with E-state index in [1.807, 2.05) is 48.5 Å². The summed E-state index contributed by atoms with van der Waals surface area (Å²) in [7, 11) is 1.43. The molecule has 3 aromatic carbocycles. The topological polar surface area (TPSA) is 66.8 Å². The highest BCUT2D eigenvalue weighted by atomic mass is 35.5. The number of carbonyl (C=O) groups excluding carboxylic acids is 2. The van der Waals surface area contributed by atoms with E-state index >= 15 is 0 Å². The highest BCUT2D eigenvalue weighted by molar-refractivity contribution is 6.51. The number of nitrogens with zero attached hydrogens (tertiary/aromatic N) is 1. The van der Waals surface area contributed by atoms with Gasteiger partial charge in [-0.3, -0.25) is 14.5 Å². The third-order valence-electron chi connectivity index (χ3n) is 7.02. The maximum absolute atomic E-state index is 13.5. The molecule has 1 atom stereocenters. The van der Waals surface area contributed by atoms with E-state index in [0.29, 0.717) is 11.3 Å². The van der Waals surface area contributed by atoms with Crippen LogP contribution in [0.1, 0.15) is 69.8 Å². The first-order valence-corrected chi connectivity index (χ1v) is 13.5. The van der Waals surface area contributed by atoms with Crippen molar-refractivity contribution in [3.8, 4) is 5.75 Å². The predicted octanol–water partition coefficient (Wildman–Crippen LogP) is 8.22. The molecule has 1 unspecified atom stereocenters. The maximum atomic E-state index is 13.5. The number of aliphatic hydroxyl groups excluding tert-OH is 1. The largest absolute Gasteiger partial charge is 0.507 e. The maximum Gasteiger partial charge on any atom is 0.300 e. The molecule has 0 spiro atoms. The SMILES string of the molecule is COc1c(Cl)cc(/C(O)=C2\C(=O)C(=O)N(c3ccc(C(C)(C)C)cc3)C2c2ccc(C(C)(C)C)cc2)cc1Cl. The molecular weight excluding hydrogens is 533 g/mol. The summed E-state index contributed by atoms with van der Waals surface area (Å²) in [6, 6.07) is 17.4. The minimum Gasteiger partial charge on any atom is -0.507 e. The van der Waals surface area contributed by atoms with Crippen molar-refractivity contribution in [3.05, 3.63) is 98.5 Å². The van der Waals surface area contributed by atoms with Gasteiger partial charge in [0.05, 0.1) is 28.8 Å². The molecular formula is C32H33Cl2NO4. The Balaban J connectivity index is 1.93. The zero-order chi connectivity index (χ0) is 28.9. The number of hydrogen-bond acceptors (Lipinski definition) is 4. The van der Waals surface area contributed by atoms with E-state index in [0.717, 1.165) is 11.1 Å². The molecule has 1 N–H and O–H groups in total. The number of aliphatic hydroxyl groups is 1. The van der Waals surface area contributed by atoms with Crippen LogP contribution in [0.25, 0.3) is 5.76 Å². The average Bonchev–Trinajstić information content (AvgIpc) is 3.12. The Morgan fingerprint density at radius 2 is 1.28 bits per heavy atom. The van der Waals surface area contributed by atoms with Crippen molar-refractivity contribution in [2.24, 2.45) is 0 Å². The van der Waals surface area contributed by atoms with Gasteiger partial charge >= 0.3 is 0 Å². The second-order valence-corrected chi connectivity index (χ2v) is 12.6. The summed E-state index contributed by atoms with van der Waals surface area (Å²) >= 11 is 12.7. The van der Waals surface area contributed by atoms with Gasteiger partial charge < -0.3 is 9.84 Å². The lowest BCUT2D eigenvalue weighted by Crippen LogP contribution is -2.29. The number of halogens is 2. The van der Waals surface area contributed by atoms with Crippen molar-refractivity contribution in [1.82, 2.24) is 0 Å². The first kappa shape index (κ1) is 28.7. The number of anilines is 1. The number of hydrogen-bond donors (Lipinski definition) is 1. The number of ether oxygens (including phenoxy) is 1. The van der Waals surface area contributed by atoms with Crippen LogP contribution in [0.5, 0.6) is 5.75 Å². The van der Waals surface area contributed by atoms with Gasteiger partial charge in [-0.05, 0) is 51.8 Å². The van der Waals surface area contributed by atoms with Crippen LogP contribution in [-0.2, 0) is 20.4 Å². The fourth-order valence-electron chi connectivity index (χ4n) is 4.75. The van der Waals surface area contributed by atoms with E-state index in [4.69, 9.17) is 27.9 Å². The second-order valence-electron chi connectivity index (χ2n) is 11.8. The molecule has 0 aromatic heterocycles. The zero-order valence-corrected chi connectivity index (χ0v) is 24.7. The molecule has 7 heteroatoms. The molecule has 1 heterocycles. The number of amides is 1. The molecule has 1 fully saturated rings. The van der Waals surface area contributed by atoms with E-state index in [9.17, 15) is 14.7 Å². The second kappa shape index (κ2) is 10.4. The smallest absolute Gasteiger partial charge is 0.300 e. The lowest BCUT2D eigenvalue weighted by atomic mass is 9.85.